The molecule has 3 aromatic rings. The highest BCUT2D eigenvalue weighted by molar-refractivity contribution is 5.90. The number of carbonyl (C=O) groups is 1. The Morgan fingerprint density at radius 2 is 1.85 bits per heavy atom. The van der Waals surface area contributed by atoms with Crippen molar-refractivity contribution in [2.45, 2.75) is 19.6 Å². The molecular weight excluding hydrogens is 349 g/mol. The van der Waals surface area contributed by atoms with Crippen LogP contribution in [0, 0.1) is 6.92 Å². The number of amides is 1. The number of rotatable bonds is 4. The highest BCUT2D eigenvalue weighted by atomic mass is 19.4. The molecule has 0 saturated heterocycles. The summed E-state index contributed by atoms with van der Waals surface area (Å²) >= 11 is 0. The van der Waals surface area contributed by atoms with Gasteiger partial charge in [-0.15, -0.1) is 0 Å². The van der Waals surface area contributed by atoms with Gasteiger partial charge < -0.3 is 5.32 Å². The molecule has 10 heteroatoms. The second kappa shape index (κ2) is 6.62. The normalized spacial score (nSPS) is 11.6. The van der Waals surface area contributed by atoms with Crippen LogP contribution >= 0.6 is 0 Å². The maximum Gasteiger partial charge on any atom is 0.435 e. The van der Waals surface area contributed by atoms with E-state index in [0.717, 1.165) is 16.3 Å². The molecule has 0 aliphatic rings. The van der Waals surface area contributed by atoms with E-state index in [-0.39, 0.29) is 18.3 Å². The van der Waals surface area contributed by atoms with Gasteiger partial charge in [-0.1, -0.05) is 12.1 Å². The Morgan fingerprint density at radius 1 is 1.15 bits per heavy atom. The molecule has 26 heavy (non-hydrogen) atoms. The van der Waals surface area contributed by atoms with Crippen molar-refractivity contribution in [2.24, 2.45) is 7.05 Å². The fourth-order valence-electron chi connectivity index (χ4n) is 2.36. The lowest BCUT2D eigenvalue weighted by molar-refractivity contribution is -0.141. The zero-order chi connectivity index (χ0) is 18.9. The number of hydrogen-bond donors (Lipinski definition) is 1. The zero-order valence-electron chi connectivity index (χ0n) is 13.9. The fraction of sp³-hybridized carbons (Fsp3) is 0.250. The molecule has 0 aliphatic heterocycles. The lowest BCUT2D eigenvalue weighted by Crippen LogP contribution is -2.26. The molecule has 0 unspecified atom stereocenters. The molecule has 1 N–H and O–H groups in total. The molecule has 136 valence electrons. The number of nitrogens with zero attached hydrogens (tertiary/aromatic N) is 5. The van der Waals surface area contributed by atoms with E-state index in [4.69, 9.17) is 0 Å². The van der Waals surface area contributed by atoms with E-state index in [9.17, 15) is 18.0 Å². The van der Waals surface area contributed by atoms with E-state index in [1.54, 1.807) is 38.2 Å². The van der Waals surface area contributed by atoms with Crippen molar-refractivity contribution in [3.05, 3.63) is 59.4 Å². The van der Waals surface area contributed by atoms with E-state index < -0.39 is 11.9 Å². The topological polar surface area (TPSA) is 77.6 Å². The Hall–Kier alpha value is -3.17. The standard InChI is InChI=1S/C16H15F3N6O/c1-10-21-14(24(2)22-10)15(26)20-9-11-3-5-12(6-4-11)25-8-7-13(23-25)16(17,18)19/h3-8H,9H2,1-2H3,(H,20,26). The minimum atomic E-state index is -4.48. The molecule has 0 saturated carbocycles. The van der Waals surface area contributed by atoms with Gasteiger partial charge in [-0.25, -0.2) is 14.3 Å². The maximum absolute atomic E-state index is 12.6. The number of aryl methyl sites for hydroxylation is 2. The van der Waals surface area contributed by atoms with E-state index >= 15 is 0 Å². The van der Waals surface area contributed by atoms with Gasteiger partial charge in [-0.05, 0) is 30.7 Å². The Bertz CT molecular complexity index is 926. The molecule has 3 rings (SSSR count). The number of benzene rings is 1. The van der Waals surface area contributed by atoms with E-state index in [1.807, 2.05) is 0 Å². The van der Waals surface area contributed by atoms with Crippen LogP contribution in [0.15, 0.2) is 36.5 Å². The van der Waals surface area contributed by atoms with Gasteiger partial charge in [0.05, 0.1) is 5.69 Å². The lowest BCUT2D eigenvalue weighted by Gasteiger charge is -2.07. The van der Waals surface area contributed by atoms with Crippen molar-refractivity contribution < 1.29 is 18.0 Å². The summed E-state index contributed by atoms with van der Waals surface area (Å²) in [5.41, 5.74) is 0.316. The van der Waals surface area contributed by atoms with E-state index in [0.29, 0.717) is 11.5 Å². The molecule has 7 nitrogen and oxygen atoms in total. The van der Waals surface area contributed by atoms with Crippen molar-refractivity contribution in [3.63, 3.8) is 0 Å². The molecule has 0 spiro atoms. The minimum Gasteiger partial charge on any atom is -0.345 e. The van der Waals surface area contributed by atoms with Crippen LogP contribution in [0.5, 0.6) is 0 Å². The van der Waals surface area contributed by atoms with Gasteiger partial charge in [0.25, 0.3) is 5.91 Å². The van der Waals surface area contributed by atoms with Gasteiger partial charge in [0, 0.05) is 19.8 Å². The Kier molecular flexibility index (Phi) is 4.49. The summed E-state index contributed by atoms with van der Waals surface area (Å²) in [5.74, 6) is 0.342. The second-order valence-corrected chi connectivity index (χ2v) is 5.60. The van der Waals surface area contributed by atoms with Gasteiger partial charge >= 0.3 is 6.18 Å². The molecule has 1 aromatic carbocycles. The van der Waals surface area contributed by atoms with E-state index in [1.165, 1.54) is 10.9 Å². The van der Waals surface area contributed by atoms with Gasteiger partial charge in [-0.3, -0.25) is 4.79 Å². The number of halogens is 3. The third kappa shape index (κ3) is 3.73. The van der Waals surface area contributed by atoms with Crippen molar-refractivity contribution >= 4 is 5.91 Å². The number of nitrogens with one attached hydrogen (secondary N) is 1. The van der Waals surface area contributed by atoms with Crippen LogP contribution in [0.25, 0.3) is 5.69 Å². The molecule has 2 aromatic heterocycles. The van der Waals surface area contributed by atoms with Crippen molar-refractivity contribution in [1.82, 2.24) is 29.9 Å². The number of hydrogen-bond acceptors (Lipinski definition) is 4. The van der Waals surface area contributed by atoms with Crippen molar-refractivity contribution in [1.29, 1.82) is 0 Å². The summed E-state index contributed by atoms with van der Waals surface area (Å²) < 4.78 is 40.3. The average molecular weight is 364 g/mol. The van der Waals surface area contributed by atoms with Gasteiger partial charge in [0.1, 0.15) is 5.82 Å². The first-order valence-electron chi connectivity index (χ1n) is 7.62. The highest BCUT2D eigenvalue weighted by Gasteiger charge is 2.33. The summed E-state index contributed by atoms with van der Waals surface area (Å²) in [6.45, 7) is 1.94. The average Bonchev–Trinajstić information content (AvgIpc) is 3.19. The van der Waals surface area contributed by atoms with Crippen LogP contribution in [-0.4, -0.2) is 30.5 Å². The number of alkyl halides is 3. The summed E-state index contributed by atoms with van der Waals surface area (Å²) in [4.78, 5) is 16.1. The van der Waals surface area contributed by atoms with Crippen LogP contribution in [-0.2, 0) is 19.8 Å². The third-order valence-electron chi connectivity index (χ3n) is 3.61. The Labute approximate surface area is 146 Å². The lowest BCUT2D eigenvalue weighted by atomic mass is 10.2. The predicted molar refractivity (Wildman–Crippen MR) is 85.5 cm³/mol. The van der Waals surface area contributed by atoms with Crippen molar-refractivity contribution in [2.75, 3.05) is 0 Å². The summed E-state index contributed by atoms with van der Waals surface area (Å²) in [6.07, 6.45) is -3.23. The van der Waals surface area contributed by atoms with Gasteiger partial charge in [0.2, 0.25) is 5.82 Å². The number of carbonyl (C=O) groups excluding carboxylic acids is 1. The Balaban J connectivity index is 1.65. The first-order valence-corrected chi connectivity index (χ1v) is 7.62. The maximum atomic E-state index is 12.6. The van der Waals surface area contributed by atoms with Gasteiger partial charge in [0.15, 0.2) is 5.69 Å². The van der Waals surface area contributed by atoms with Crippen LogP contribution in [0.3, 0.4) is 0 Å². The predicted octanol–water partition coefficient (Wildman–Crippen LogP) is 2.26. The molecule has 0 bridgehead atoms. The van der Waals surface area contributed by atoms with Crippen LogP contribution in [0.1, 0.15) is 27.7 Å². The molecule has 0 atom stereocenters. The largest absolute Gasteiger partial charge is 0.435 e. The molecular formula is C16H15F3N6O. The first kappa shape index (κ1) is 17.6. The van der Waals surface area contributed by atoms with Crippen molar-refractivity contribution in [3.8, 4) is 5.69 Å². The zero-order valence-corrected chi connectivity index (χ0v) is 13.9. The molecule has 0 fully saturated rings. The fourth-order valence-corrected chi connectivity index (χ4v) is 2.36. The third-order valence-corrected chi connectivity index (χ3v) is 3.61. The van der Waals surface area contributed by atoms with Gasteiger partial charge in [-0.2, -0.15) is 23.4 Å². The molecule has 2 heterocycles. The SMILES string of the molecule is Cc1nc(C(=O)NCc2ccc(-n3ccc(C(F)(F)F)n3)cc2)n(C)n1. The highest BCUT2D eigenvalue weighted by Crippen LogP contribution is 2.27. The van der Waals surface area contributed by atoms with E-state index in [2.05, 4.69) is 20.5 Å². The smallest absolute Gasteiger partial charge is 0.345 e. The molecule has 0 radical (unpaired) electrons. The quantitative estimate of drug-likeness (QED) is 0.770. The monoisotopic (exact) mass is 364 g/mol. The summed E-state index contributed by atoms with van der Waals surface area (Å²) in [7, 11) is 1.63. The first-order chi connectivity index (χ1) is 12.2. The Morgan fingerprint density at radius 3 is 2.38 bits per heavy atom. The molecule has 1 amide bonds. The summed E-state index contributed by atoms with van der Waals surface area (Å²) in [6, 6.07) is 7.57. The van der Waals surface area contributed by atoms with Crippen LogP contribution in [0.2, 0.25) is 0 Å². The summed E-state index contributed by atoms with van der Waals surface area (Å²) in [5, 5.41) is 10.2. The van der Waals surface area contributed by atoms with Crippen LogP contribution < -0.4 is 5.32 Å². The molecule has 0 aliphatic carbocycles. The second-order valence-electron chi connectivity index (χ2n) is 5.60. The minimum absolute atomic E-state index is 0.204. The van der Waals surface area contributed by atoms with Crippen LogP contribution in [0.4, 0.5) is 13.2 Å². The number of aromatic nitrogens is 5.